The molecule has 9 nitrogen and oxygen atoms in total. The van der Waals surface area contributed by atoms with Crippen molar-refractivity contribution in [3.8, 4) is 0 Å². The van der Waals surface area contributed by atoms with Crippen LogP contribution in [0.1, 0.15) is 26.7 Å². The predicted octanol–water partition coefficient (Wildman–Crippen LogP) is 1.09. The Balaban J connectivity index is -0.000000143. The van der Waals surface area contributed by atoms with E-state index < -0.39 is 18.6 Å². The number of imide groups is 1. The van der Waals surface area contributed by atoms with Gasteiger partial charge in [-0.1, -0.05) is 29.8 Å². The maximum Gasteiger partial charge on any atom is 0.692 e. The van der Waals surface area contributed by atoms with E-state index in [-0.39, 0.29) is 18.2 Å². The predicted molar refractivity (Wildman–Crippen MR) is 72.1 cm³/mol. The van der Waals surface area contributed by atoms with E-state index in [1.54, 1.807) is 0 Å². The molecule has 0 aliphatic rings. The third-order valence-electron chi connectivity index (χ3n) is 1.76. The minimum Gasteiger partial charge on any atom is -0.351 e. The van der Waals surface area contributed by atoms with E-state index in [0.29, 0.717) is 12.8 Å². The largest absolute Gasteiger partial charge is 0.692 e. The Morgan fingerprint density at radius 2 is 1.56 bits per heavy atom. The molecule has 0 bridgehead atoms. The van der Waals surface area contributed by atoms with Crippen LogP contribution in [0.5, 0.6) is 0 Å². The highest BCUT2D eigenvalue weighted by Crippen LogP contribution is 2.26. The lowest BCUT2D eigenvalue weighted by Gasteiger charge is -2.21. The smallest absolute Gasteiger partial charge is 0.351 e. The van der Waals surface area contributed by atoms with Crippen molar-refractivity contribution in [2.75, 3.05) is 0 Å². The number of hydrogen-bond donors (Lipinski definition) is 6. The van der Waals surface area contributed by atoms with E-state index in [1.165, 1.54) is 0 Å². The van der Waals surface area contributed by atoms with Gasteiger partial charge in [-0.3, -0.25) is 10.1 Å². The highest BCUT2D eigenvalue weighted by molar-refractivity contribution is 9.10. The van der Waals surface area contributed by atoms with E-state index in [4.69, 9.17) is 20.1 Å². The second-order valence-corrected chi connectivity index (χ2v) is 4.77. The summed E-state index contributed by atoms with van der Waals surface area (Å²) in [5.74, 6) is -0.375. The van der Waals surface area contributed by atoms with Crippen molar-refractivity contribution >= 4 is 36.1 Å². The van der Waals surface area contributed by atoms with Crippen LogP contribution in [-0.4, -0.2) is 26.0 Å². The van der Waals surface area contributed by atoms with Gasteiger partial charge in [-0.15, -0.1) is 9.79 Å². The number of primary amides is 1. The van der Waals surface area contributed by atoms with Crippen molar-refractivity contribution in [3.05, 3.63) is 0 Å². The monoisotopic (exact) mass is 351 g/mol. The van der Waals surface area contributed by atoms with Crippen LogP contribution in [0.15, 0.2) is 0 Å². The summed E-state index contributed by atoms with van der Waals surface area (Å²) in [6.45, 7) is 3.72. The molecule has 0 spiro atoms. The van der Waals surface area contributed by atoms with E-state index in [9.17, 15) is 9.59 Å². The van der Waals surface area contributed by atoms with Gasteiger partial charge >= 0.3 is 14.3 Å². The highest BCUT2D eigenvalue weighted by atomic mass is 79.9. The van der Waals surface area contributed by atoms with E-state index in [0.717, 1.165) is 0 Å². The lowest BCUT2D eigenvalue weighted by Crippen LogP contribution is -2.46. The quantitative estimate of drug-likeness (QED) is 0.322. The maximum absolute atomic E-state index is 11.3. The van der Waals surface area contributed by atoms with Gasteiger partial charge < -0.3 is 18.0 Å². The van der Waals surface area contributed by atoms with Gasteiger partial charge in [0.05, 0.1) is 0 Å². The first-order valence-corrected chi connectivity index (χ1v) is 6.30. The number of halogens is 1. The molecule has 0 aromatic carbocycles. The number of nitrogens with two attached hydrogens (primary N) is 1. The summed E-state index contributed by atoms with van der Waals surface area (Å²) in [6, 6.07) is -0.814. The van der Waals surface area contributed by atoms with E-state index in [2.05, 4.69) is 15.9 Å². The average Bonchev–Trinajstić information content (AvgIpc) is 2.14. The molecule has 11 N–H and O–H groups in total. The van der Waals surface area contributed by atoms with Crippen LogP contribution in [0.2, 0.25) is 0 Å². The molecule has 0 aliphatic carbocycles. The maximum atomic E-state index is 11.3. The Labute approximate surface area is 115 Å². The molecule has 0 fully saturated rings. The Morgan fingerprint density at radius 3 is 1.72 bits per heavy atom. The molecular weight excluding hydrogens is 331 g/mol. The normalized spacial score (nSPS) is 8.72. The summed E-state index contributed by atoms with van der Waals surface area (Å²) in [5.41, 5.74) is 4.81. The van der Waals surface area contributed by atoms with Gasteiger partial charge in [0.1, 0.15) is 4.32 Å². The fraction of sp³-hybridized carbons (Fsp3) is 0.714. The second kappa shape index (κ2) is 12.8. The number of hydrogen-bond acceptors (Lipinski definition) is 5. The summed E-state index contributed by atoms with van der Waals surface area (Å²) >= 11 is 3.26. The van der Waals surface area contributed by atoms with Gasteiger partial charge in [0.2, 0.25) is 5.91 Å². The van der Waals surface area contributed by atoms with Crippen LogP contribution in [0.4, 0.5) is 4.79 Å². The molecule has 18 heavy (non-hydrogen) atoms. The van der Waals surface area contributed by atoms with Gasteiger partial charge in [0.15, 0.2) is 0 Å². The van der Waals surface area contributed by atoms with Crippen molar-refractivity contribution in [2.45, 2.75) is 31.0 Å². The molecule has 0 aliphatic heterocycles. The fourth-order valence-corrected chi connectivity index (χ4v) is 0.894. The lowest BCUT2D eigenvalue weighted by molar-refractivity contribution is -0.122. The summed E-state index contributed by atoms with van der Waals surface area (Å²) in [5, 5.41) is 2.04. The van der Waals surface area contributed by atoms with E-state index in [1.807, 2.05) is 19.2 Å². The second-order valence-electron chi connectivity index (χ2n) is 2.74. The van der Waals surface area contributed by atoms with Crippen LogP contribution >= 0.6 is 24.2 Å². The van der Waals surface area contributed by atoms with Gasteiger partial charge in [0.25, 0.3) is 0 Å². The molecule has 0 heterocycles. The molecule has 110 valence electrons. The summed E-state index contributed by atoms with van der Waals surface area (Å²) in [6.07, 6.45) is 1.23. The van der Waals surface area contributed by atoms with E-state index >= 15 is 0 Å². The third kappa shape index (κ3) is 13.4. The van der Waals surface area contributed by atoms with Crippen LogP contribution in [0.25, 0.3) is 0 Å². The summed E-state index contributed by atoms with van der Waals surface area (Å²) in [4.78, 5) is 35.9. The standard InChI is InChI=1S/C7H13BrN2O2.2H3N.HO3P/c1-3-7(8,4-2)5(11)10-6(9)12;;;1-4(2)3/h3-4H2,1-2H3,(H3,9,10,11,12);2*1H3;(H-,1,2,3)/p+1. The molecular formula is C7H21BrN4O5P+. The number of nitrogens with one attached hydrogen (secondary N) is 1. The zero-order valence-electron chi connectivity index (χ0n) is 10.4. The van der Waals surface area contributed by atoms with Gasteiger partial charge in [0, 0.05) is 4.57 Å². The zero-order chi connectivity index (χ0) is 13.4. The van der Waals surface area contributed by atoms with Crippen molar-refractivity contribution < 1.29 is 23.9 Å². The highest BCUT2D eigenvalue weighted by Gasteiger charge is 2.32. The molecule has 3 amide bonds. The molecule has 0 saturated carbocycles. The molecule has 0 rings (SSSR count). The number of rotatable bonds is 3. The Bertz CT molecular complexity index is 271. The molecule has 0 radical (unpaired) electrons. The molecule has 0 atom stereocenters. The molecule has 0 unspecified atom stereocenters. The topological polar surface area (TPSA) is 200 Å². The minimum atomic E-state index is -2.87. The Morgan fingerprint density at radius 1 is 1.28 bits per heavy atom. The Hall–Kier alpha value is -0.640. The van der Waals surface area contributed by atoms with Gasteiger partial charge in [-0.25, -0.2) is 4.79 Å². The molecule has 0 aromatic rings. The Kier molecular flexibility index (Phi) is 18.5. The van der Waals surface area contributed by atoms with Crippen molar-refractivity contribution in [1.82, 2.24) is 17.6 Å². The first-order chi connectivity index (χ1) is 7.19. The number of carbonyl (C=O) groups is 2. The molecule has 0 saturated heterocycles. The average molecular weight is 352 g/mol. The lowest BCUT2D eigenvalue weighted by atomic mass is 10.0. The van der Waals surface area contributed by atoms with Crippen LogP contribution < -0.4 is 23.4 Å². The number of amides is 3. The zero-order valence-corrected chi connectivity index (χ0v) is 12.8. The van der Waals surface area contributed by atoms with Crippen molar-refractivity contribution in [1.29, 1.82) is 0 Å². The first kappa shape index (κ1) is 26.0. The third-order valence-corrected chi connectivity index (χ3v) is 3.25. The number of urea groups is 1. The molecule has 0 aromatic heterocycles. The van der Waals surface area contributed by atoms with Crippen molar-refractivity contribution in [3.63, 3.8) is 0 Å². The fourth-order valence-electron chi connectivity index (χ4n) is 0.795. The SMILES string of the molecule is CCC(Br)(CC)C(=O)NC(N)=O.N.N.O=[P+](O)O. The number of carbonyl (C=O) groups excluding carboxylic acids is 2. The van der Waals surface area contributed by atoms with Crippen LogP contribution in [0, 0.1) is 0 Å². The van der Waals surface area contributed by atoms with Crippen LogP contribution in [0.3, 0.4) is 0 Å². The van der Waals surface area contributed by atoms with Crippen LogP contribution in [-0.2, 0) is 9.36 Å². The van der Waals surface area contributed by atoms with Gasteiger partial charge in [-0.2, -0.15) is 0 Å². The summed E-state index contributed by atoms with van der Waals surface area (Å²) in [7, 11) is -2.87. The first-order valence-electron chi connectivity index (χ1n) is 4.34. The minimum absolute atomic E-state index is 0. The number of alkyl halides is 1. The van der Waals surface area contributed by atoms with Crippen molar-refractivity contribution in [2.24, 2.45) is 5.73 Å². The summed E-state index contributed by atoms with van der Waals surface area (Å²) < 4.78 is 8.04. The molecule has 11 heteroatoms. The van der Waals surface area contributed by atoms with Gasteiger partial charge in [-0.05, 0) is 12.8 Å².